The van der Waals surface area contributed by atoms with Gasteiger partial charge in [-0.25, -0.2) is 9.97 Å². The van der Waals surface area contributed by atoms with Crippen molar-refractivity contribution in [3.8, 4) is 0 Å². The van der Waals surface area contributed by atoms with Crippen molar-refractivity contribution < 1.29 is 9.84 Å². The number of ether oxygens (including phenoxy) is 1. The Morgan fingerprint density at radius 3 is 2.89 bits per heavy atom. The smallest absolute Gasteiger partial charge is 0.131 e. The minimum atomic E-state index is -0.0600. The summed E-state index contributed by atoms with van der Waals surface area (Å²) in [4.78, 5) is 10.9. The normalized spacial score (nSPS) is 19.5. The van der Waals surface area contributed by atoms with Crippen LogP contribution in [-0.4, -0.2) is 41.4 Å². The van der Waals surface area contributed by atoms with Crippen molar-refractivity contribution in [1.29, 1.82) is 0 Å². The zero-order valence-corrected chi connectivity index (χ0v) is 11.3. The highest BCUT2D eigenvalue weighted by molar-refractivity contribution is 5.49. The average molecular weight is 251 g/mol. The summed E-state index contributed by atoms with van der Waals surface area (Å²) in [6.45, 7) is 5.56. The summed E-state index contributed by atoms with van der Waals surface area (Å²) < 4.78 is 5.39. The SMILES string of the molecule is CC(C)c1ncc(N(C)C2CCOC2)c(CO)n1. The molecule has 0 aromatic carbocycles. The lowest BCUT2D eigenvalue weighted by molar-refractivity contribution is 0.193. The molecular formula is C13H21N3O2. The van der Waals surface area contributed by atoms with Crippen LogP contribution >= 0.6 is 0 Å². The lowest BCUT2D eigenvalue weighted by atomic mass is 10.1. The number of aromatic nitrogens is 2. The summed E-state index contributed by atoms with van der Waals surface area (Å²) in [6, 6.07) is 0.351. The van der Waals surface area contributed by atoms with Gasteiger partial charge < -0.3 is 14.7 Å². The Labute approximate surface area is 108 Å². The molecule has 1 aliphatic rings. The van der Waals surface area contributed by atoms with E-state index in [1.807, 2.05) is 27.1 Å². The molecule has 0 saturated carbocycles. The van der Waals surface area contributed by atoms with E-state index in [0.29, 0.717) is 11.7 Å². The fourth-order valence-electron chi connectivity index (χ4n) is 2.14. The summed E-state index contributed by atoms with van der Waals surface area (Å²) in [6.07, 6.45) is 2.82. The van der Waals surface area contributed by atoms with E-state index >= 15 is 0 Å². The van der Waals surface area contributed by atoms with Gasteiger partial charge in [0.2, 0.25) is 0 Å². The topological polar surface area (TPSA) is 58.5 Å². The zero-order valence-electron chi connectivity index (χ0n) is 11.3. The van der Waals surface area contributed by atoms with E-state index in [9.17, 15) is 5.11 Å². The van der Waals surface area contributed by atoms with E-state index in [-0.39, 0.29) is 12.5 Å². The van der Waals surface area contributed by atoms with Crippen LogP contribution in [0.1, 0.15) is 37.7 Å². The molecule has 100 valence electrons. The number of rotatable bonds is 4. The number of hydrogen-bond acceptors (Lipinski definition) is 5. The average Bonchev–Trinajstić information content (AvgIpc) is 2.90. The van der Waals surface area contributed by atoms with Crippen LogP contribution in [0.25, 0.3) is 0 Å². The van der Waals surface area contributed by atoms with Gasteiger partial charge in [-0.2, -0.15) is 0 Å². The first-order chi connectivity index (χ1) is 8.63. The van der Waals surface area contributed by atoms with Crippen LogP contribution in [0.3, 0.4) is 0 Å². The summed E-state index contributed by atoms with van der Waals surface area (Å²) in [5.74, 6) is 1.04. The van der Waals surface area contributed by atoms with E-state index < -0.39 is 0 Å². The molecule has 0 amide bonds. The van der Waals surface area contributed by atoms with E-state index in [1.54, 1.807) is 0 Å². The molecule has 1 unspecified atom stereocenters. The highest BCUT2D eigenvalue weighted by Crippen LogP contribution is 2.24. The monoisotopic (exact) mass is 251 g/mol. The minimum absolute atomic E-state index is 0.0600. The third kappa shape index (κ3) is 2.62. The first-order valence-electron chi connectivity index (χ1n) is 6.40. The summed E-state index contributed by atoms with van der Waals surface area (Å²) in [7, 11) is 2.01. The Balaban J connectivity index is 2.26. The number of anilines is 1. The van der Waals surface area contributed by atoms with Crippen molar-refractivity contribution in [2.24, 2.45) is 0 Å². The van der Waals surface area contributed by atoms with Crippen molar-refractivity contribution in [2.75, 3.05) is 25.2 Å². The second-order valence-electron chi connectivity index (χ2n) is 5.00. The third-order valence-electron chi connectivity index (χ3n) is 3.36. The van der Waals surface area contributed by atoms with E-state index in [1.165, 1.54) is 0 Å². The minimum Gasteiger partial charge on any atom is -0.390 e. The van der Waals surface area contributed by atoms with Gasteiger partial charge in [-0.1, -0.05) is 13.8 Å². The van der Waals surface area contributed by atoms with Gasteiger partial charge in [-0.05, 0) is 6.42 Å². The van der Waals surface area contributed by atoms with Crippen LogP contribution in [0, 0.1) is 0 Å². The number of likely N-dealkylation sites (N-methyl/N-ethyl adjacent to an activating group) is 1. The van der Waals surface area contributed by atoms with Crippen LogP contribution in [0.15, 0.2) is 6.20 Å². The zero-order chi connectivity index (χ0) is 13.1. The first-order valence-corrected chi connectivity index (χ1v) is 6.40. The molecule has 2 rings (SSSR count). The Morgan fingerprint density at radius 2 is 2.33 bits per heavy atom. The molecule has 1 fully saturated rings. The van der Waals surface area contributed by atoms with Crippen molar-refractivity contribution in [3.05, 3.63) is 17.7 Å². The summed E-state index contributed by atoms with van der Waals surface area (Å²) >= 11 is 0. The Morgan fingerprint density at radius 1 is 1.56 bits per heavy atom. The molecule has 1 aromatic heterocycles. The largest absolute Gasteiger partial charge is 0.390 e. The predicted octanol–water partition coefficient (Wildman–Crippen LogP) is 1.32. The van der Waals surface area contributed by atoms with Gasteiger partial charge in [0.15, 0.2) is 0 Å². The maximum Gasteiger partial charge on any atom is 0.131 e. The van der Waals surface area contributed by atoms with Crippen LogP contribution < -0.4 is 4.90 Å². The maximum atomic E-state index is 9.47. The van der Waals surface area contributed by atoms with E-state index in [0.717, 1.165) is 31.1 Å². The molecule has 5 heteroatoms. The summed E-state index contributed by atoms with van der Waals surface area (Å²) in [5, 5.41) is 9.47. The molecule has 1 aliphatic heterocycles. The third-order valence-corrected chi connectivity index (χ3v) is 3.36. The van der Waals surface area contributed by atoms with Crippen molar-refractivity contribution in [1.82, 2.24) is 9.97 Å². The molecule has 1 atom stereocenters. The predicted molar refractivity (Wildman–Crippen MR) is 69.7 cm³/mol. The highest BCUT2D eigenvalue weighted by atomic mass is 16.5. The Hall–Kier alpha value is -1.20. The van der Waals surface area contributed by atoms with Crippen LogP contribution in [0.2, 0.25) is 0 Å². The van der Waals surface area contributed by atoms with E-state index in [2.05, 4.69) is 14.9 Å². The molecule has 0 radical (unpaired) electrons. The van der Waals surface area contributed by atoms with Gasteiger partial charge >= 0.3 is 0 Å². The van der Waals surface area contributed by atoms with Gasteiger partial charge in [-0.15, -0.1) is 0 Å². The van der Waals surface area contributed by atoms with Crippen LogP contribution in [-0.2, 0) is 11.3 Å². The molecule has 0 aliphatic carbocycles. The highest BCUT2D eigenvalue weighted by Gasteiger charge is 2.23. The second-order valence-corrected chi connectivity index (χ2v) is 5.00. The molecule has 2 heterocycles. The molecule has 0 bridgehead atoms. The van der Waals surface area contributed by atoms with E-state index in [4.69, 9.17) is 4.74 Å². The molecule has 18 heavy (non-hydrogen) atoms. The lowest BCUT2D eigenvalue weighted by Crippen LogP contribution is -2.33. The molecule has 1 saturated heterocycles. The fourth-order valence-corrected chi connectivity index (χ4v) is 2.14. The second kappa shape index (κ2) is 5.63. The number of hydrogen-bond donors (Lipinski definition) is 1. The van der Waals surface area contributed by atoms with Crippen LogP contribution in [0.5, 0.6) is 0 Å². The number of nitrogens with zero attached hydrogens (tertiary/aromatic N) is 3. The summed E-state index contributed by atoms with van der Waals surface area (Å²) in [5.41, 5.74) is 1.60. The van der Waals surface area contributed by atoms with Gasteiger partial charge in [0.05, 0.1) is 36.8 Å². The molecule has 5 nitrogen and oxygen atoms in total. The first kappa shape index (κ1) is 13.2. The van der Waals surface area contributed by atoms with Crippen molar-refractivity contribution >= 4 is 5.69 Å². The van der Waals surface area contributed by atoms with Gasteiger partial charge in [-0.3, -0.25) is 0 Å². The van der Waals surface area contributed by atoms with Gasteiger partial charge in [0, 0.05) is 19.6 Å². The Bertz CT molecular complexity index is 403. The van der Waals surface area contributed by atoms with Gasteiger partial charge in [0.25, 0.3) is 0 Å². The fraction of sp³-hybridized carbons (Fsp3) is 0.692. The van der Waals surface area contributed by atoms with Crippen LogP contribution in [0.4, 0.5) is 5.69 Å². The quantitative estimate of drug-likeness (QED) is 0.874. The van der Waals surface area contributed by atoms with Crippen molar-refractivity contribution in [2.45, 2.75) is 38.8 Å². The molecule has 0 spiro atoms. The number of aliphatic hydroxyl groups is 1. The van der Waals surface area contributed by atoms with Crippen molar-refractivity contribution in [3.63, 3.8) is 0 Å². The lowest BCUT2D eigenvalue weighted by Gasteiger charge is -2.26. The molecule has 1 aromatic rings. The molecular weight excluding hydrogens is 230 g/mol. The maximum absolute atomic E-state index is 9.47. The number of aliphatic hydroxyl groups excluding tert-OH is 1. The standard InChI is InChI=1S/C13H21N3O2/c1-9(2)13-14-6-12(11(7-17)15-13)16(3)10-4-5-18-8-10/h6,9-10,17H,4-5,7-8H2,1-3H3. The molecule has 1 N–H and O–H groups in total. The Kier molecular flexibility index (Phi) is 4.14. The van der Waals surface area contributed by atoms with Gasteiger partial charge in [0.1, 0.15) is 5.82 Å².